The summed E-state index contributed by atoms with van der Waals surface area (Å²) >= 11 is 0. The third-order valence-corrected chi connectivity index (χ3v) is 3.14. The van der Waals surface area contributed by atoms with Crippen molar-refractivity contribution in [2.45, 2.75) is 19.0 Å². The Morgan fingerprint density at radius 2 is 2.07 bits per heavy atom. The highest BCUT2D eigenvalue weighted by molar-refractivity contribution is 5.14. The number of pyridine rings is 1. The summed E-state index contributed by atoms with van der Waals surface area (Å²) in [5.74, 6) is 0. The van der Waals surface area contributed by atoms with Gasteiger partial charge in [0.2, 0.25) is 0 Å². The maximum absolute atomic E-state index is 4.04. The lowest BCUT2D eigenvalue weighted by molar-refractivity contribution is 0.136. The SMILES string of the molecule is CC(c1ccncc1)N(C)C1CNC1. The van der Waals surface area contributed by atoms with Crippen LogP contribution in [-0.2, 0) is 0 Å². The molecule has 0 aliphatic carbocycles. The highest BCUT2D eigenvalue weighted by Gasteiger charge is 2.25. The lowest BCUT2D eigenvalue weighted by atomic mass is 10.0. The van der Waals surface area contributed by atoms with Crippen LogP contribution in [0.25, 0.3) is 0 Å². The van der Waals surface area contributed by atoms with Crippen LogP contribution in [0.3, 0.4) is 0 Å². The first kappa shape index (κ1) is 9.62. The second kappa shape index (κ2) is 4.07. The summed E-state index contributed by atoms with van der Waals surface area (Å²) in [7, 11) is 2.19. The van der Waals surface area contributed by atoms with E-state index in [4.69, 9.17) is 0 Å². The van der Waals surface area contributed by atoms with Crippen molar-refractivity contribution >= 4 is 0 Å². The minimum absolute atomic E-state index is 0.477. The molecule has 0 saturated carbocycles. The van der Waals surface area contributed by atoms with Crippen molar-refractivity contribution in [1.82, 2.24) is 15.2 Å². The van der Waals surface area contributed by atoms with E-state index >= 15 is 0 Å². The second-order valence-electron chi connectivity index (χ2n) is 3.93. The molecule has 1 unspecified atom stereocenters. The van der Waals surface area contributed by atoms with E-state index in [-0.39, 0.29) is 0 Å². The third kappa shape index (κ3) is 1.79. The molecule has 76 valence electrons. The summed E-state index contributed by atoms with van der Waals surface area (Å²) in [5, 5.41) is 3.29. The van der Waals surface area contributed by atoms with Gasteiger partial charge in [0.15, 0.2) is 0 Å². The van der Waals surface area contributed by atoms with Gasteiger partial charge in [-0.3, -0.25) is 9.88 Å². The van der Waals surface area contributed by atoms with Gasteiger partial charge in [-0.15, -0.1) is 0 Å². The van der Waals surface area contributed by atoms with E-state index in [0.29, 0.717) is 12.1 Å². The van der Waals surface area contributed by atoms with Crippen LogP contribution in [0.15, 0.2) is 24.5 Å². The van der Waals surface area contributed by atoms with Gasteiger partial charge in [0.05, 0.1) is 0 Å². The van der Waals surface area contributed by atoms with Crippen molar-refractivity contribution in [3.63, 3.8) is 0 Å². The Bertz CT molecular complexity index is 282. The first-order chi connectivity index (χ1) is 6.79. The highest BCUT2D eigenvalue weighted by Crippen LogP contribution is 2.20. The Labute approximate surface area is 85.1 Å². The molecule has 1 aromatic rings. The fourth-order valence-electron chi connectivity index (χ4n) is 1.75. The first-order valence-corrected chi connectivity index (χ1v) is 5.11. The van der Waals surface area contributed by atoms with E-state index in [1.54, 1.807) is 0 Å². The summed E-state index contributed by atoms with van der Waals surface area (Å²) in [6.45, 7) is 4.48. The van der Waals surface area contributed by atoms with Crippen LogP contribution < -0.4 is 5.32 Å². The average Bonchev–Trinajstić information content (AvgIpc) is 2.15. The third-order valence-electron chi connectivity index (χ3n) is 3.14. The standard InChI is InChI=1S/C11H17N3/c1-9(10-3-5-12-6-4-10)14(2)11-7-13-8-11/h3-6,9,11,13H,7-8H2,1-2H3. The lowest BCUT2D eigenvalue weighted by Crippen LogP contribution is -2.56. The fourth-order valence-corrected chi connectivity index (χ4v) is 1.75. The molecule has 0 spiro atoms. The molecule has 1 N–H and O–H groups in total. The second-order valence-corrected chi connectivity index (χ2v) is 3.93. The predicted octanol–water partition coefficient (Wildman–Crippen LogP) is 1.05. The van der Waals surface area contributed by atoms with Gasteiger partial charge in [0.1, 0.15) is 0 Å². The summed E-state index contributed by atoms with van der Waals surface area (Å²) in [5.41, 5.74) is 1.34. The van der Waals surface area contributed by atoms with E-state index in [1.165, 1.54) is 5.56 Å². The monoisotopic (exact) mass is 191 g/mol. The van der Waals surface area contributed by atoms with Gasteiger partial charge in [-0.2, -0.15) is 0 Å². The number of likely N-dealkylation sites (N-methyl/N-ethyl adjacent to an activating group) is 1. The van der Waals surface area contributed by atoms with Crippen molar-refractivity contribution in [3.8, 4) is 0 Å². The van der Waals surface area contributed by atoms with E-state index in [0.717, 1.165) is 13.1 Å². The predicted molar refractivity (Wildman–Crippen MR) is 57.1 cm³/mol. The average molecular weight is 191 g/mol. The van der Waals surface area contributed by atoms with Crippen LogP contribution in [0, 0.1) is 0 Å². The molecule has 1 aromatic heterocycles. The fraction of sp³-hybridized carbons (Fsp3) is 0.545. The summed E-state index contributed by atoms with van der Waals surface area (Å²) in [4.78, 5) is 6.46. The summed E-state index contributed by atoms with van der Waals surface area (Å²) < 4.78 is 0. The van der Waals surface area contributed by atoms with Crippen LogP contribution in [0.2, 0.25) is 0 Å². The number of nitrogens with one attached hydrogen (secondary N) is 1. The maximum Gasteiger partial charge on any atom is 0.0348 e. The van der Waals surface area contributed by atoms with Crippen molar-refractivity contribution in [2.75, 3.05) is 20.1 Å². The zero-order valence-corrected chi connectivity index (χ0v) is 8.77. The molecular formula is C11H17N3. The van der Waals surface area contributed by atoms with Gasteiger partial charge in [0.25, 0.3) is 0 Å². The lowest BCUT2D eigenvalue weighted by Gasteiger charge is -2.39. The van der Waals surface area contributed by atoms with Gasteiger partial charge < -0.3 is 5.32 Å². The van der Waals surface area contributed by atoms with Crippen molar-refractivity contribution in [2.24, 2.45) is 0 Å². The Kier molecular flexibility index (Phi) is 2.79. The van der Waals surface area contributed by atoms with Crippen molar-refractivity contribution < 1.29 is 0 Å². The van der Waals surface area contributed by atoms with E-state index in [1.807, 2.05) is 12.4 Å². The van der Waals surface area contributed by atoms with E-state index in [2.05, 4.69) is 41.3 Å². The number of nitrogens with zero attached hydrogens (tertiary/aromatic N) is 2. The molecule has 3 heteroatoms. The summed E-state index contributed by atoms with van der Waals surface area (Å²) in [6.07, 6.45) is 3.72. The van der Waals surface area contributed by atoms with Crippen LogP contribution in [0.1, 0.15) is 18.5 Å². The molecule has 1 aliphatic heterocycles. The number of hydrogen-bond acceptors (Lipinski definition) is 3. The zero-order chi connectivity index (χ0) is 9.97. The Morgan fingerprint density at radius 3 is 2.57 bits per heavy atom. The van der Waals surface area contributed by atoms with E-state index < -0.39 is 0 Å². The van der Waals surface area contributed by atoms with Crippen LogP contribution in [0.5, 0.6) is 0 Å². The van der Waals surface area contributed by atoms with Crippen molar-refractivity contribution in [3.05, 3.63) is 30.1 Å². The highest BCUT2D eigenvalue weighted by atomic mass is 15.2. The molecule has 1 atom stereocenters. The molecule has 2 heterocycles. The van der Waals surface area contributed by atoms with E-state index in [9.17, 15) is 0 Å². The minimum atomic E-state index is 0.477. The van der Waals surface area contributed by atoms with Crippen LogP contribution in [0.4, 0.5) is 0 Å². The smallest absolute Gasteiger partial charge is 0.0348 e. The largest absolute Gasteiger partial charge is 0.314 e. The Morgan fingerprint density at radius 1 is 1.43 bits per heavy atom. The first-order valence-electron chi connectivity index (χ1n) is 5.11. The number of aromatic nitrogens is 1. The molecule has 0 amide bonds. The van der Waals surface area contributed by atoms with Gasteiger partial charge in [-0.1, -0.05) is 0 Å². The topological polar surface area (TPSA) is 28.2 Å². The number of hydrogen-bond donors (Lipinski definition) is 1. The van der Waals surface area contributed by atoms with Gasteiger partial charge in [-0.25, -0.2) is 0 Å². The molecule has 0 radical (unpaired) electrons. The maximum atomic E-state index is 4.04. The summed E-state index contributed by atoms with van der Waals surface area (Å²) in [6, 6.07) is 5.35. The Hall–Kier alpha value is -0.930. The molecular weight excluding hydrogens is 174 g/mol. The molecule has 14 heavy (non-hydrogen) atoms. The molecule has 3 nitrogen and oxygen atoms in total. The van der Waals surface area contributed by atoms with Crippen molar-refractivity contribution in [1.29, 1.82) is 0 Å². The van der Waals surface area contributed by atoms with Gasteiger partial charge in [-0.05, 0) is 31.7 Å². The molecule has 1 fully saturated rings. The molecule has 1 saturated heterocycles. The Balaban J connectivity index is 2.03. The normalized spacial score (nSPS) is 19.4. The molecule has 1 aliphatic rings. The number of rotatable bonds is 3. The zero-order valence-electron chi connectivity index (χ0n) is 8.77. The molecule has 0 bridgehead atoms. The van der Waals surface area contributed by atoms with Crippen LogP contribution >= 0.6 is 0 Å². The quantitative estimate of drug-likeness (QED) is 0.774. The minimum Gasteiger partial charge on any atom is -0.314 e. The molecule has 2 rings (SSSR count). The van der Waals surface area contributed by atoms with Gasteiger partial charge >= 0.3 is 0 Å². The van der Waals surface area contributed by atoms with Gasteiger partial charge in [0, 0.05) is 37.6 Å². The molecule has 0 aromatic carbocycles. The van der Waals surface area contributed by atoms with Crippen LogP contribution in [-0.4, -0.2) is 36.1 Å².